The highest BCUT2D eigenvalue weighted by molar-refractivity contribution is 5.94. The topological polar surface area (TPSA) is 17.1 Å². The van der Waals surface area contributed by atoms with Gasteiger partial charge in [-0.15, -0.1) is 0 Å². The minimum absolute atomic E-state index is 0.0578. The summed E-state index contributed by atoms with van der Waals surface area (Å²) in [6, 6.07) is 0. The third-order valence-electron chi connectivity index (χ3n) is 4.09. The zero-order chi connectivity index (χ0) is 9.69. The van der Waals surface area contributed by atoms with Gasteiger partial charge in [-0.2, -0.15) is 0 Å². The summed E-state index contributed by atoms with van der Waals surface area (Å²) >= 11 is 0. The van der Waals surface area contributed by atoms with E-state index in [-0.39, 0.29) is 10.8 Å². The van der Waals surface area contributed by atoms with Crippen molar-refractivity contribution in [2.24, 2.45) is 16.7 Å². The first-order valence-electron chi connectivity index (χ1n) is 5.22. The van der Waals surface area contributed by atoms with E-state index < -0.39 is 0 Å². The number of fused-ring (bicyclic) bond motifs is 2. The van der Waals surface area contributed by atoms with Gasteiger partial charge in [0.1, 0.15) is 5.78 Å². The molecule has 2 unspecified atom stereocenters. The average molecular weight is 178 g/mol. The molecule has 2 bridgehead atoms. The molecular formula is C12H18O. The van der Waals surface area contributed by atoms with Crippen LogP contribution in [0.1, 0.15) is 40.0 Å². The third-order valence-corrected chi connectivity index (χ3v) is 4.09. The van der Waals surface area contributed by atoms with Gasteiger partial charge in [0.05, 0.1) is 0 Å². The molecule has 2 aliphatic rings. The summed E-state index contributed by atoms with van der Waals surface area (Å²) in [6.07, 6.45) is 7.61. The van der Waals surface area contributed by atoms with Crippen molar-refractivity contribution in [1.29, 1.82) is 0 Å². The van der Waals surface area contributed by atoms with Crippen molar-refractivity contribution in [2.45, 2.75) is 40.0 Å². The first kappa shape index (κ1) is 8.98. The van der Waals surface area contributed by atoms with Crippen LogP contribution in [-0.2, 0) is 4.79 Å². The molecule has 0 N–H and O–H groups in total. The summed E-state index contributed by atoms with van der Waals surface area (Å²) in [5, 5.41) is 0. The van der Waals surface area contributed by atoms with Crippen molar-refractivity contribution in [3.63, 3.8) is 0 Å². The van der Waals surface area contributed by atoms with Gasteiger partial charge in [0.15, 0.2) is 0 Å². The van der Waals surface area contributed by atoms with Crippen LogP contribution in [0.2, 0.25) is 0 Å². The number of carbonyl (C=O) groups excluding carboxylic acids is 1. The van der Waals surface area contributed by atoms with Crippen LogP contribution in [-0.4, -0.2) is 5.78 Å². The van der Waals surface area contributed by atoms with Crippen molar-refractivity contribution < 1.29 is 4.79 Å². The Balaban J connectivity index is 2.40. The summed E-state index contributed by atoms with van der Waals surface area (Å²) in [4.78, 5) is 12.1. The normalized spacial score (nSPS) is 42.1. The number of rotatable bonds is 1. The number of Topliss-reactive ketones (excluding diaryl/α,β-unsaturated/α-hetero) is 1. The lowest BCUT2D eigenvalue weighted by molar-refractivity contribution is -0.133. The fourth-order valence-corrected chi connectivity index (χ4v) is 3.27. The highest BCUT2D eigenvalue weighted by Crippen LogP contribution is 2.60. The van der Waals surface area contributed by atoms with Crippen LogP contribution in [0.25, 0.3) is 0 Å². The molecule has 0 aliphatic heterocycles. The second kappa shape index (κ2) is 2.46. The second-order valence-electron chi connectivity index (χ2n) is 5.15. The van der Waals surface area contributed by atoms with Crippen molar-refractivity contribution >= 4 is 5.78 Å². The molecule has 2 saturated carbocycles. The maximum Gasteiger partial charge on any atom is 0.148 e. The zero-order valence-corrected chi connectivity index (χ0v) is 8.76. The first-order valence-corrected chi connectivity index (χ1v) is 5.22. The van der Waals surface area contributed by atoms with Gasteiger partial charge in [-0.05, 0) is 32.1 Å². The minimum Gasteiger partial charge on any atom is -0.298 e. The minimum atomic E-state index is -0.0666. The molecule has 2 rings (SSSR count). The Bertz CT molecular complexity index is 275. The Kier molecular flexibility index (Phi) is 1.70. The van der Waals surface area contributed by atoms with Gasteiger partial charge >= 0.3 is 0 Å². The van der Waals surface area contributed by atoms with E-state index in [0.29, 0.717) is 11.7 Å². The number of ketones is 1. The highest BCUT2D eigenvalue weighted by atomic mass is 16.1. The van der Waals surface area contributed by atoms with Crippen molar-refractivity contribution in [1.82, 2.24) is 0 Å². The Morgan fingerprint density at radius 3 is 2.62 bits per heavy atom. The largest absolute Gasteiger partial charge is 0.298 e. The molecule has 0 amide bonds. The maximum atomic E-state index is 12.1. The van der Waals surface area contributed by atoms with E-state index in [9.17, 15) is 4.79 Å². The molecule has 2 atom stereocenters. The summed E-state index contributed by atoms with van der Waals surface area (Å²) in [5.74, 6) is 1.12. The van der Waals surface area contributed by atoms with E-state index in [0.717, 1.165) is 12.8 Å². The molecule has 0 radical (unpaired) electrons. The van der Waals surface area contributed by atoms with Crippen LogP contribution in [0.4, 0.5) is 0 Å². The fourth-order valence-electron chi connectivity index (χ4n) is 3.27. The Morgan fingerprint density at radius 1 is 1.46 bits per heavy atom. The average Bonchev–Trinajstić information content (AvgIpc) is 2.55. The number of carbonyl (C=O) groups is 1. The van der Waals surface area contributed by atoms with Gasteiger partial charge in [0.2, 0.25) is 0 Å². The highest BCUT2D eigenvalue weighted by Gasteiger charge is 2.59. The van der Waals surface area contributed by atoms with Crippen LogP contribution < -0.4 is 0 Å². The monoisotopic (exact) mass is 178 g/mol. The molecule has 2 fully saturated rings. The smallest absolute Gasteiger partial charge is 0.148 e. The van der Waals surface area contributed by atoms with Gasteiger partial charge in [-0.1, -0.05) is 26.0 Å². The fraction of sp³-hybridized carbons (Fsp3) is 0.750. The molecule has 0 saturated heterocycles. The molecule has 0 aromatic rings. The Morgan fingerprint density at radius 2 is 2.15 bits per heavy atom. The molecule has 2 aliphatic carbocycles. The van der Waals surface area contributed by atoms with Crippen LogP contribution >= 0.6 is 0 Å². The van der Waals surface area contributed by atoms with Crippen molar-refractivity contribution in [3.05, 3.63) is 12.2 Å². The van der Waals surface area contributed by atoms with Crippen LogP contribution in [0.15, 0.2) is 12.2 Å². The van der Waals surface area contributed by atoms with E-state index in [2.05, 4.69) is 19.9 Å². The standard InChI is InChI=1S/C12H18O/c1-4-6-12-7-5-9(8-12)11(2,3)10(12)13/h4,6,9H,5,7-8H2,1-3H3/b6-4+. The lowest BCUT2D eigenvalue weighted by Gasteiger charge is -2.31. The molecule has 13 heavy (non-hydrogen) atoms. The second-order valence-corrected chi connectivity index (χ2v) is 5.15. The van der Waals surface area contributed by atoms with E-state index in [1.165, 1.54) is 6.42 Å². The lowest BCUT2D eigenvalue weighted by atomic mass is 9.71. The van der Waals surface area contributed by atoms with E-state index in [1.54, 1.807) is 0 Å². The Hall–Kier alpha value is -0.590. The summed E-state index contributed by atoms with van der Waals surface area (Å²) < 4.78 is 0. The predicted octanol–water partition coefficient (Wildman–Crippen LogP) is 2.96. The van der Waals surface area contributed by atoms with Gasteiger partial charge in [0.25, 0.3) is 0 Å². The third kappa shape index (κ3) is 0.962. The van der Waals surface area contributed by atoms with Gasteiger partial charge in [-0.25, -0.2) is 0 Å². The van der Waals surface area contributed by atoms with Crippen LogP contribution in [0, 0.1) is 16.7 Å². The lowest BCUT2D eigenvalue weighted by Crippen LogP contribution is -2.35. The van der Waals surface area contributed by atoms with E-state index in [4.69, 9.17) is 0 Å². The van der Waals surface area contributed by atoms with Crippen molar-refractivity contribution in [2.75, 3.05) is 0 Å². The van der Waals surface area contributed by atoms with Crippen LogP contribution in [0.3, 0.4) is 0 Å². The van der Waals surface area contributed by atoms with Crippen molar-refractivity contribution in [3.8, 4) is 0 Å². The quantitative estimate of drug-likeness (QED) is 0.564. The van der Waals surface area contributed by atoms with Crippen LogP contribution in [0.5, 0.6) is 0 Å². The molecule has 0 spiro atoms. The van der Waals surface area contributed by atoms with E-state index in [1.807, 2.05) is 13.0 Å². The molecule has 1 heteroatoms. The summed E-state index contributed by atoms with van der Waals surface area (Å²) in [6.45, 7) is 6.25. The molecule has 0 aromatic heterocycles. The van der Waals surface area contributed by atoms with Gasteiger partial charge < -0.3 is 0 Å². The molecule has 1 nitrogen and oxygen atoms in total. The maximum absolute atomic E-state index is 12.1. The molecule has 0 heterocycles. The zero-order valence-electron chi connectivity index (χ0n) is 8.76. The number of hydrogen-bond acceptors (Lipinski definition) is 1. The Labute approximate surface area is 80.2 Å². The molecular weight excluding hydrogens is 160 g/mol. The van der Waals surface area contributed by atoms with Gasteiger partial charge in [0, 0.05) is 10.8 Å². The number of allylic oxidation sites excluding steroid dienone is 2. The molecule has 72 valence electrons. The SMILES string of the molecule is C/C=C/C12CCC(C1)C(C)(C)C2=O. The summed E-state index contributed by atoms with van der Waals surface area (Å²) in [5.41, 5.74) is -0.124. The summed E-state index contributed by atoms with van der Waals surface area (Å²) in [7, 11) is 0. The first-order chi connectivity index (χ1) is 6.03. The van der Waals surface area contributed by atoms with Gasteiger partial charge in [-0.3, -0.25) is 4.79 Å². The predicted molar refractivity (Wildman–Crippen MR) is 53.4 cm³/mol. The number of hydrogen-bond donors (Lipinski definition) is 0. The molecule has 0 aromatic carbocycles. The van der Waals surface area contributed by atoms with E-state index >= 15 is 0 Å².